The predicted molar refractivity (Wildman–Crippen MR) is 95.1 cm³/mol. The van der Waals surface area contributed by atoms with Gasteiger partial charge in [-0.1, -0.05) is 6.07 Å². The molecule has 3 rings (SSSR count). The van der Waals surface area contributed by atoms with Crippen molar-refractivity contribution in [2.24, 2.45) is 0 Å². The average molecular weight is 348 g/mol. The van der Waals surface area contributed by atoms with Crippen molar-refractivity contribution in [1.29, 1.82) is 0 Å². The lowest BCUT2D eigenvalue weighted by Crippen LogP contribution is -2.52. The number of nitrogens with zero attached hydrogens (tertiary/aromatic N) is 2. The first-order valence-electron chi connectivity index (χ1n) is 9.16. The van der Waals surface area contributed by atoms with Crippen molar-refractivity contribution in [2.75, 3.05) is 53.0 Å². The number of hydrogen-bond donors (Lipinski definition) is 0. The van der Waals surface area contributed by atoms with Crippen LogP contribution < -0.4 is 9.47 Å². The van der Waals surface area contributed by atoms with Gasteiger partial charge >= 0.3 is 0 Å². The monoisotopic (exact) mass is 348 g/mol. The summed E-state index contributed by atoms with van der Waals surface area (Å²) < 4.78 is 16.6. The number of amides is 1. The molecule has 0 aromatic heterocycles. The van der Waals surface area contributed by atoms with Gasteiger partial charge in [0.15, 0.2) is 0 Å². The Balaban J connectivity index is 1.36. The van der Waals surface area contributed by atoms with Crippen molar-refractivity contribution in [3.63, 3.8) is 0 Å². The van der Waals surface area contributed by atoms with Crippen LogP contribution in [0.1, 0.15) is 19.3 Å². The van der Waals surface area contributed by atoms with E-state index in [2.05, 4.69) is 4.90 Å². The van der Waals surface area contributed by atoms with Crippen LogP contribution in [-0.2, 0) is 9.53 Å². The van der Waals surface area contributed by atoms with Gasteiger partial charge in [0.05, 0.1) is 7.11 Å². The number of rotatable bonds is 6. The molecule has 2 heterocycles. The van der Waals surface area contributed by atoms with Gasteiger partial charge in [0.2, 0.25) is 0 Å². The quantitative estimate of drug-likeness (QED) is 0.784. The maximum Gasteiger partial charge on any atom is 0.251 e. The van der Waals surface area contributed by atoms with Crippen LogP contribution in [-0.4, -0.2) is 74.9 Å². The number of hydrogen-bond acceptors (Lipinski definition) is 5. The number of ether oxygens (including phenoxy) is 3. The minimum Gasteiger partial charge on any atom is -0.497 e. The van der Waals surface area contributed by atoms with Crippen LogP contribution >= 0.6 is 0 Å². The standard InChI is InChI=1S/C19H28N2O4/c1-23-16-5-4-6-17(15-16)24-14-12-20-8-10-21(11-9-20)19(22)18-7-2-3-13-25-18/h4-6,15,18H,2-3,7-14H2,1H3/t18-/m1/s1. The molecule has 0 aliphatic carbocycles. The molecular formula is C19H28N2O4. The van der Waals surface area contributed by atoms with Gasteiger partial charge in [0, 0.05) is 45.4 Å². The summed E-state index contributed by atoms with van der Waals surface area (Å²) >= 11 is 0. The molecule has 0 bridgehead atoms. The lowest BCUT2D eigenvalue weighted by Gasteiger charge is -2.36. The second kappa shape index (κ2) is 9.06. The Morgan fingerprint density at radius 2 is 2.00 bits per heavy atom. The summed E-state index contributed by atoms with van der Waals surface area (Å²) in [5.74, 6) is 1.80. The van der Waals surface area contributed by atoms with Gasteiger partial charge in [-0.05, 0) is 31.4 Å². The molecule has 0 spiro atoms. The molecule has 6 heteroatoms. The molecule has 0 N–H and O–H groups in total. The van der Waals surface area contributed by atoms with Crippen molar-refractivity contribution in [3.05, 3.63) is 24.3 Å². The largest absolute Gasteiger partial charge is 0.497 e. The highest BCUT2D eigenvalue weighted by Crippen LogP contribution is 2.19. The van der Waals surface area contributed by atoms with Crippen molar-refractivity contribution < 1.29 is 19.0 Å². The van der Waals surface area contributed by atoms with Crippen LogP contribution in [0.3, 0.4) is 0 Å². The summed E-state index contributed by atoms with van der Waals surface area (Å²) in [7, 11) is 1.65. The van der Waals surface area contributed by atoms with Crippen LogP contribution in [0.4, 0.5) is 0 Å². The number of benzene rings is 1. The van der Waals surface area contributed by atoms with Gasteiger partial charge < -0.3 is 19.1 Å². The second-order valence-electron chi connectivity index (χ2n) is 6.55. The van der Waals surface area contributed by atoms with E-state index < -0.39 is 0 Å². The highest BCUT2D eigenvalue weighted by atomic mass is 16.5. The third-order valence-electron chi connectivity index (χ3n) is 4.86. The summed E-state index contributed by atoms with van der Waals surface area (Å²) in [5, 5.41) is 0. The fourth-order valence-corrected chi connectivity index (χ4v) is 3.31. The van der Waals surface area contributed by atoms with E-state index in [0.717, 1.165) is 70.1 Å². The van der Waals surface area contributed by atoms with Crippen molar-refractivity contribution in [1.82, 2.24) is 9.80 Å². The first-order chi connectivity index (χ1) is 12.3. The highest BCUT2D eigenvalue weighted by molar-refractivity contribution is 5.81. The van der Waals surface area contributed by atoms with Gasteiger partial charge in [-0.25, -0.2) is 0 Å². The van der Waals surface area contributed by atoms with E-state index in [-0.39, 0.29) is 12.0 Å². The smallest absolute Gasteiger partial charge is 0.251 e. The van der Waals surface area contributed by atoms with Gasteiger partial charge in [-0.3, -0.25) is 9.69 Å². The summed E-state index contributed by atoms with van der Waals surface area (Å²) in [6, 6.07) is 7.65. The molecule has 6 nitrogen and oxygen atoms in total. The Kier molecular flexibility index (Phi) is 6.53. The molecule has 1 aromatic carbocycles. The van der Waals surface area contributed by atoms with E-state index in [1.54, 1.807) is 7.11 Å². The number of piperazine rings is 1. The summed E-state index contributed by atoms with van der Waals surface area (Å²) in [6.07, 6.45) is 2.83. The van der Waals surface area contributed by atoms with Crippen molar-refractivity contribution in [3.8, 4) is 11.5 Å². The van der Waals surface area contributed by atoms with Crippen LogP contribution in [0.25, 0.3) is 0 Å². The Morgan fingerprint density at radius 1 is 1.20 bits per heavy atom. The average Bonchev–Trinajstić information content (AvgIpc) is 2.69. The first-order valence-corrected chi connectivity index (χ1v) is 9.16. The van der Waals surface area contributed by atoms with Gasteiger partial charge in [-0.2, -0.15) is 0 Å². The topological polar surface area (TPSA) is 51.2 Å². The van der Waals surface area contributed by atoms with E-state index in [1.165, 1.54) is 0 Å². The van der Waals surface area contributed by atoms with Crippen LogP contribution in [0, 0.1) is 0 Å². The maximum atomic E-state index is 12.5. The molecule has 2 fully saturated rings. The second-order valence-corrected chi connectivity index (χ2v) is 6.55. The van der Waals surface area contributed by atoms with Gasteiger partial charge in [0.1, 0.15) is 24.2 Å². The summed E-state index contributed by atoms with van der Waals surface area (Å²) in [5.41, 5.74) is 0. The molecule has 2 aliphatic heterocycles. The molecule has 138 valence electrons. The Labute approximate surface area is 149 Å². The van der Waals surface area contributed by atoms with E-state index in [1.807, 2.05) is 29.2 Å². The molecular weight excluding hydrogens is 320 g/mol. The van der Waals surface area contributed by atoms with Gasteiger partial charge in [0.25, 0.3) is 5.91 Å². The molecule has 2 aliphatic rings. The predicted octanol–water partition coefficient (Wildman–Crippen LogP) is 1.79. The molecule has 25 heavy (non-hydrogen) atoms. The fourth-order valence-electron chi connectivity index (χ4n) is 3.31. The molecule has 0 saturated carbocycles. The minimum absolute atomic E-state index is 0.173. The molecule has 1 aromatic rings. The Bertz CT molecular complexity index is 552. The van der Waals surface area contributed by atoms with Gasteiger partial charge in [-0.15, -0.1) is 0 Å². The summed E-state index contributed by atoms with van der Waals surface area (Å²) in [6.45, 7) is 5.54. The molecule has 1 atom stereocenters. The first kappa shape index (κ1) is 18.0. The highest BCUT2D eigenvalue weighted by Gasteiger charge is 2.29. The zero-order valence-electron chi connectivity index (χ0n) is 15.0. The number of carbonyl (C=O) groups excluding carboxylic acids is 1. The zero-order valence-corrected chi connectivity index (χ0v) is 15.0. The molecule has 2 saturated heterocycles. The van der Waals surface area contributed by atoms with Crippen LogP contribution in [0.5, 0.6) is 11.5 Å². The van der Waals surface area contributed by atoms with Crippen molar-refractivity contribution in [2.45, 2.75) is 25.4 Å². The van der Waals surface area contributed by atoms with Crippen LogP contribution in [0.2, 0.25) is 0 Å². The van der Waals surface area contributed by atoms with E-state index in [4.69, 9.17) is 14.2 Å². The normalized spacial score (nSPS) is 21.8. The van der Waals surface area contributed by atoms with E-state index >= 15 is 0 Å². The molecule has 0 unspecified atom stereocenters. The lowest BCUT2D eigenvalue weighted by atomic mass is 10.1. The fraction of sp³-hybridized carbons (Fsp3) is 0.632. The Hall–Kier alpha value is -1.79. The van der Waals surface area contributed by atoms with E-state index in [9.17, 15) is 4.79 Å². The molecule has 0 radical (unpaired) electrons. The van der Waals surface area contributed by atoms with E-state index in [0.29, 0.717) is 6.61 Å². The number of carbonyl (C=O) groups is 1. The third-order valence-corrected chi connectivity index (χ3v) is 4.86. The zero-order chi connectivity index (χ0) is 17.5. The SMILES string of the molecule is COc1cccc(OCCN2CCN(C(=O)[C@H]3CCCCO3)CC2)c1. The third kappa shape index (κ3) is 5.09. The molecule has 1 amide bonds. The minimum atomic E-state index is -0.211. The Morgan fingerprint density at radius 3 is 2.72 bits per heavy atom. The van der Waals surface area contributed by atoms with Crippen molar-refractivity contribution >= 4 is 5.91 Å². The number of methoxy groups -OCH3 is 1. The van der Waals surface area contributed by atoms with Crippen LogP contribution in [0.15, 0.2) is 24.3 Å². The lowest BCUT2D eigenvalue weighted by molar-refractivity contribution is -0.148. The summed E-state index contributed by atoms with van der Waals surface area (Å²) in [4.78, 5) is 16.8. The maximum absolute atomic E-state index is 12.5.